The Morgan fingerprint density at radius 3 is 2.13 bits per heavy atom. The highest BCUT2D eigenvalue weighted by atomic mass is 19.1. The number of benzene rings is 1. The number of carbonyl (C=O) groups is 1. The van der Waals surface area contributed by atoms with E-state index in [0.717, 1.165) is 50.8 Å². The third-order valence-corrected chi connectivity index (χ3v) is 6.02. The Bertz CT molecular complexity index is 560. The number of piperidine rings is 1. The first-order valence-corrected chi connectivity index (χ1v) is 8.88. The van der Waals surface area contributed by atoms with Crippen LogP contribution < -0.4 is 0 Å². The summed E-state index contributed by atoms with van der Waals surface area (Å²) in [5.41, 5.74) is 0.927. The number of nitrogens with zero attached hydrogens (tertiary/aromatic N) is 1. The molecule has 3 rings (SSSR count). The summed E-state index contributed by atoms with van der Waals surface area (Å²) in [5, 5.41) is 0. The van der Waals surface area contributed by atoms with Crippen LogP contribution in [0, 0.1) is 17.2 Å². The largest absolute Gasteiger partial charge is 0.342 e. The Hall–Kier alpha value is -1.38. The minimum absolute atomic E-state index is 0.235. The molecule has 1 amide bonds. The maximum absolute atomic E-state index is 13.2. The normalized spacial score (nSPS) is 21.8. The Morgan fingerprint density at radius 1 is 1.13 bits per heavy atom. The lowest BCUT2D eigenvalue weighted by Gasteiger charge is -2.47. The van der Waals surface area contributed by atoms with Gasteiger partial charge in [-0.05, 0) is 54.7 Å². The summed E-state index contributed by atoms with van der Waals surface area (Å²) >= 11 is 0. The van der Waals surface area contributed by atoms with Gasteiger partial charge in [-0.1, -0.05) is 39.3 Å². The van der Waals surface area contributed by atoms with Crippen LogP contribution in [0.25, 0.3) is 0 Å². The van der Waals surface area contributed by atoms with Crippen molar-refractivity contribution < 1.29 is 9.18 Å². The molecular formula is C20H28FNO. The van der Waals surface area contributed by atoms with Crippen molar-refractivity contribution in [1.82, 2.24) is 4.90 Å². The molecule has 3 heteroatoms. The molecule has 0 radical (unpaired) electrons. The smallest absolute Gasteiger partial charge is 0.233 e. The van der Waals surface area contributed by atoms with Gasteiger partial charge in [0.05, 0.1) is 5.41 Å². The molecule has 0 N–H and O–H groups in total. The maximum atomic E-state index is 13.2. The summed E-state index contributed by atoms with van der Waals surface area (Å²) in [5.74, 6) is 0.721. The van der Waals surface area contributed by atoms with Crippen molar-refractivity contribution in [3.63, 3.8) is 0 Å². The minimum atomic E-state index is -0.387. The van der Waals surface area contributed by atoms with Crippen molar-refractivity contribution in [2.75, 3.05) is 13.1 Å². The van der Waals surface area contributed by atoms with Crippen molar-refractivity contribution in [3.8, 4) is 0 Å². The zero-order valence-corrected chi connectivity index (χ0v) is 14.6. The summed E-state index contributed by atoms with van der Waals surface area (Å²) in [6.45, 7) is 8.61. The lowest BCUT2D eigenvalue weighted by atomic mass is 9.63. The van der Waals surface area contributed by atoms with Gasteiger partial charge in [0.2, 0.25) is 5.91 Å². The average Bonchev–Trinajstić information content (AvgIpc) is 2.47. The second-order valence-electron chi connectivity index (χ2n) is 8.38. The Labute approximate surface area is 139 Å². The first-order valence-electron chi connectivity index (χ1n) is 8.88. The van der Waals surface area contributed by atoms with Gasteiger partial charge in [0, 0.05) is 13.1 Å². The van der Waals surface area contributed by atoms with Gasteiger partial charge in [-0.2, -0.15) is 0 Å². The van der Waals surface area contributed by atoms with Crippen molar-refractivity contribution in [3.05, 3.63) is 35.6 Å². The predicted molar refractivity (Wildman–Crippen MR) is 90.7 cm³/mol. The zero-order valence-electron chi connectivity index (χ0n) is 14.6. The van der Waals surface area contributed by atoms with Gasteiger partial charge in [-0.3, -0.25) is 4.79 Å². The van der Waals surface area contributed by atoms with E-state index in [1.54, 1.807) is 12.1 Å². The second kappa shape index (κ2) is 5.92. The van der Waals surface area contributed by atoms with Gasteiger partial charge < -0.3 is 4.90 Å². The predicted octanol–water partition coefficient (Wildman–Crippen LogP) is 4.53. The van der Waals surface area contributed by atoms with Crippen molar-refractivity contribution in [2.24, 2.45) is 11.3 Å². The Balaban J connectivity index is 1.73. The van der Waals surface area contributed by atoms with Crippen LogP contribution in [-0.2, 0) is 10.2 Å². The van der Waals surface area contributed by atoms with Gasteiger partial charge in [0.25, 0.3) is 0 Å². The molecule has 1 aromatic carbocycles. The van der Waals surface area contributed by atoms with Crippen LogP contribution in [0.15, 0.2) is 24.3 Å². The molecule has 1 saturated heterocycles. The molecule has 1 aliphatic carbocycles. The summed E-state index contributed by atoms with van der Waals surface area (Å²) in [6, 6.07) is 6.56. The third-order valence-electron chi connectivity index (χ3n) is 6.02. The Morgan fingerprint density at radius 2 is 1.70 bits per heavy atom. The quantitative estimate of drug-likeness (QED) is 0.784. The zero-order chi connectivity index (χ0) is 16.7. The van der Waals surface area contributed by atoms with E-state index in [-0.39, 0.29) is 17.1 Å². The molecule has 2 nitrogen and oxygen atoms in total. The number of likely N-dealkylation sites (tertiary alicyclic amines) is 1. The fourth-order valence-electron chi connectivity index (χ4n) is 4.18. The van der Waals surface area contributed by atoms with E-state index in [1.165, 1.54) is 12.1 Å². The van der Waals surface area contributed by atoms with E-state index >= 15 is 0 Å². The van der Waals surface area contributed by atoms with Crippen LogP contribution in [0.1, 0.15) is 58.4 Å². The highest BCUT2D eigenvalue weighted by Gasteiger charge is 2.48. The molecule has 1 aliphatic heterocycles. The maximum Gasteiger partial charge on any atom is 0.233 e. The molecule has 126 valence electrons. The number of amides is 1. The fourth-order valence-corrected chi connectivity index (χ4v) is 4.18. The molecule has 0 unspecified atom stereocenters. The van der Waals surface area contributed by atoms with Gasteiger partial charge in [0.1, 0.15) is 5.82 Å². The number of carbonyl (C=O) groups excluding carboxylic acids is 1. The fraction of sp³-hybridized carbons (Fsp3) is 0.650. The molecular weight excluding hydrogens is 289 g/mol. The number of hydrogen-bond donors (Lipinski definition) is 0. The molecule has 1 aromatic rings. The standard InChI is InChI=1S/C20H28FNO/c1-19(2,3)15-9-13-22(14-10-15)18(23)20(11-4-12-20)16-5-7-17(21)8-6-16/h5-8,15H,4,9-14H2,1-3H3. The van der Waals surface area contributed by atoms with Crippen molar-refractivity contribution in [2.45, 2.75) is 58.3 Å². The molecule has 23 heavy (non-hydrogen) atoms. The van der Waals surface area contributed by atoms with Gasteiger partial charge in [0.15, 0.2) is 0 Å². The van der Waals surface area contributed by atoms with Crippen LogP contribution in [0.5, 0.6) is 0 Å². The first-order chi connectivity index (χ1) is 10.8. The van der Waals surface area contributed by atoms with E-state index in [2.05, 4.69) is 25.7 Å². The minimum Gasteiger partial charge on any atom is -0.342 e. The van der Waals surface area contributed by atoms with Crippen molar-refractivity contribution >= 4 is 5.91 Å². The summed E-state index contributed by atoms with van der Waals surface area (Å²) in [7, 11) is 0. The summed E-state index contributed by atoms with van der Waals surface area (Å²) in [6.07, 6.45) is 5.07. The first kappa shape index (κ1) is 16.5. The molecule has 0 aromatic heterocycles. The van der Waals surface area contributed by atoms with E-state index in [9.17, 15) is 9.18 Å². The topological polar surface area (TPSA) is 20.3 Å². The molecule has 1 heterocycles. The van der Waals surface area contributed by atoms with Crippen molar-refractivity contribution in [1.29, 1.82) is 0 Å². The third kappa shape index (κ3) is 3.02. The molecule has 0 spiro atoms. The van der Waals surface area contributed by atoms with Gasteiger partial charge >= 0.3 is 0 Å². The Kier molecular flexibility index (Phi) is 4.24. The van der Waals surface area contributed by atoms with Crippen LogP contribution in [0.3, 0.4) is 0 Å². The SMILES string of the molecule is CC(C)(C)C1CCN(C(=O)C2(c3ccc(F)cc3)CCC2)CC1. The van der Waals surface area contributed by atoms with Gasteiger partial charge in [-0.25, -0.2) is 4.39 Å². The lowest BCUT2D eigenvalue weighted by Crippen LogP contribution is -2.53. The van der Waals surface area contributed by atoms with E-state index < -0.39 is 0 Å². The number of rotatable bonds is 2. The molecule has 2 fully saturated rings. The van der Waals surface area contributed by atoms with E-state index in [0.29, 0.717) is 11.3 Å². The molecule has 0 bridgehead atoms. The average molecular weight is 317 g/mol. The molecule has 0 atom stereocenters. The molecule has 1 saturated carbocycles. The molecule has 2 aliphatic rings. The highest BCUT2D eigenvalue weighted by Crippen LogP contribution is 2.46. The number of halogens is 1. The monoisotopic (exact) mass is 317 g/mol. The number of hydrogen-bond acceptors (Lipinski definition) is 1. The summed E-state index contributed by atoms with van der Waals surface area (Å²) < 4.78 is 13.2. The van der Waals surface area contributed by atoms with Crippen LogP contribution in [0.4, 0.5) is 4.39 Å². The van der Waals surface area contributed by atoms with Crippen LogP contribution in [-0.4, -0.2) is 23.9 Å². The van der Waals surface area contributed by atoms with E-state index in [1.807, 2.05) is 0 Å². The highest BCUT2D eigenvalue weighted by molar-refractivity contribution is 5.89. The van der Waals surface area contributed by atoms with Crippen LogP contribution >= 0.6 is 0 Å². The van der Waals surface area contributed by atoms with Gasteiger partial charge in [-0.15, -0.1) is 0 Å². The summed E-state index contributed by atoms with van der Waals surface area (Å²) in [4.78, 5) is 15.2. The van der Waals surface area contributed by atoms with Crippen LogP contribution in [0.2, 0.25) is 0 Å². The lowest BCUT2D eigenvalue weighted by molar-refractivity contribution is -0.143. The second-order valence-corrected chi connectivity index (χ2v) is 8.38. The van der Waals surface area contributed by atoms with E-state index in [4.69, 9.17) is 0 Å².